The highest BCUT2D eigenvalue weighted by molar-refractivity contribution is 5.80. The maximum atomic E-state index is 14.9. The third-order valence-corrected chi connectivity index (χ3v) is 8.93. The third kappa shape index (κ3) is 6.96. The Kier molecular flexibility index (Phi) is 9.58. The lowest BCUT2D eigenvalue weighted by atomic mass is 10.0. The average molecular weight is 665 g/mol. The van der Waals surface area contributed by atoms with Crippen LogP contribution in [0.2, 0.25) is 0 Å². The van der Waals surface area contributed by atoms with Crippen LogP contribution in [-0.4, -0.2) is 119 Å². The first-order chi connectivity index (χ1) is 23.1. The number of amides is 1. The van der Waals surface area contributed by atoms with Crippen LogP contribution in [0.1, 0.15) is 25.8 Å². The van der Waals surface area contributed by atoms with Gasteiger partial charge < -0.3 is 34.4 Å². The van der Waals surface area contributed by atoms with E-state index in [1.54, 1.807) is 19.2 Å². The second kappa shape index (κ2) is 13.8. The summed E-state index contributed by atoms with van der Waals surface area (Å²) in [6, 6.07) is 12.9. The van der Waals surface area contributed by atoms with Crippen molar-refractivity contribution in [1.29, 1.82) is 5.26 Å². The number of hydrogen-bond acceptors (Lipinski definition) is 12. The van der Waals surface area contributed by atoms with Gasteiger partial charge in [0.25, 0.3) is 5.91 Å². The van der Waals surface area contributed by atoms with Gasteiger partial charge in [0, 0.05) is 50.3 Å². The van der Waals surface area contributed by atoms with Gasteiger partial charge in [-0.2, -0.15) is 10.2 Å². The van der Waals surface area contributed by atoms with Gasteiger partial charge in [-0.3, -0.25) is 9.69 Å². The highest BCUT2D eigenvalue weighted by atomic mass is 19.3. The number of nitrogens with one attached hydrogen (secondary N) is 1. The van der Waals surface area contributed by atoms with Crippen molar-refractivity contribution in [3.63, 3.8) is 0 Å². The lowest BCUT2D eigenvalue weighted by Crippen LogP contribution is -2.59. The van der Waals surface area contributed by atoms with E-state index in [4.69, 9.17) is 14.2 Å². The molecule has 2 aromatic heterocycles. The molecule has 0 radical (unpaired) electrons. The molecule has 0 aliphatic carbocycles. The number of nitrogens with zero attached hydrogens (tertiary/aromatic N) is 7. The quantitative estimate of drug-likeness (QED) is 0.346. The summed E-state index contributed by atoms with van der Waals surface area (Å²) < 4.78 is 46.6. The number of piperidine rings is 1. The highest BCUT2D eigenvalue weighted by Gasteiger charge is 2.48. The number of ether oxygens (including phenoxy) is 3. The van der Waals surface area contributed by atoms with Crippen LogP contribution in [0.5, 0.6) is 11.6 Å². The maximum Gasteiger partial charge on any atom is 0.301 e. The summed E-state index contributed by atoms with van der Waals surface area (Å²) >= 11 is 0. The molecule has 3 atom stereocenters. The molecule has 13 nitrogen and oxygen atoms in total. The number of halogens is 2. The average Bonchev–Trinajstić information content (AvgIpc) is 3.04. The predicted octanol–water partition coefficient (Wildman–Crippen LogP) is 3.07. The molecule has 5 heterocycles. The molecule has 1 amide bonds. The van der Waals surface area contributed by atoms with Gasteiger partial charge in [0.05, 0.1) is 44.2 Å². The summed E-state index contributed by atoms with van der Waals surface area (Å²) in [5.74, 6) is -2.69. The molecule has 3 saturated heterocycles. The van der Waals surface area contributed by atoms with E-state index in [-0.39, 0.29) is 30.3 Å². The van der Waals surface area contributed by atoms with Gasteiger partial charge in [-0.25, -0.2) is 18.7 Å². The minimum atomic E-state index is -3.38. The van der Waals surface area contributed by atoms with Crippen molar-refractivity contribution in [2.45, 2.75) is 50.5 Å². The molecule has 2 N–H and O–H groups in total. The number of nitriles is 1. The van der Waals surface area contributed by atoms with Crippen molar-refractivity contribution in [3.8, 4) is 29.0 Å². The van der Waals surface area contributed by atoms with Crippen molar-refractivity contribution in [3.05, 3.63) is 48.3 Å². The van der Waals surface area contributed by atoms with Crippen molar-refractivity contribution in [2.75, 3.05) is 63.3 Å². The number of rotatable bonds is 9. The van der Waals surface area contributed by atoms with Gasteiger partial charge in [0.15, 0.2) is 6.10 Å². The molecule has 0 saturated carbocycles. The zero-order chi connectivity index (χ0) is 34.0. The number of carbonyl (C=O) groups is 1. The highest BCUT2D eigenvalue weighted by Crippen LogP contribution is 2.35. The van der Waals surface area contributed by atoms with E-state index in [0.717, 1.165) is 43.4 Å². The van der Waals surface area contributed by atoms with E-state index < -0.39 is 30.6 Å². The van der Waals surface area contributed by atoms with Gasteiger partial charge >= 0.3 is 5.92 Å². The number of aromatic nitrogens is 3. The minimum absolute atomic E-state index is 0.00203. The Morgan fingerprint density at radius 1 is 1.17 bits per heavy atom. The molecule has 15 heteroatoms. The SMILES string of the molecule is COc1nc(Nc2cc(-c3ccc(OC4CCN(C(=O)[C@@H](C)O)CC4(F)F)c(C#N)c3)ncn2)ccc1N1CCN(C2COC2)CC1C. The summed E-state index contributed by atoms with van der Waals surface area (Å²) in [5.41, 5.74) is 2.00. The van der Waals surface area contributed by atoms with Gasteiger partial charge in [0.2, 0.25) is 5.88 Å². The fourth-order valence-electron chi connectivity index (χ4n) is 6.25. The van der Waals surface area contributed by atoms with Crippen molar-refractivity contribution < 1.29 is 32.9 Å². The van der Waals surface area contributed by atoms with Gasteiger partial charge in [-0.05, 0) is 44.2 Å². The molecular formula is C33H38F2N8O5. The first-order valence-corrected chi connectivity index (χ1v) is 15.8. The molecule has 254 valence electrons. The second-order valence-electron chi connectivity index (χ2n) is 12.3. The largest absolute Gasteiger partial charge is 0.483 e. The van der Waals surface area contributed by atoms with Gasteiger partial charge in [0.1, 0.15) is 41.6 Å². The zero-order valence-corrected chi connectivity index (χ0v) is 27.0. The number of carbonyl (C=O) groups excluding carboxylic acids is 1. The number of likely N-dealkylation sites (tertiary alicyclic amines) is 1. The van der Waals surface area contributed by atoms with E-state index in [1.807, 2.05) is 18.2 Å². The monoisotopic (exact) mass is 664 g/mol. The van der Waals surface area contributed by atoms with E-state index in [0.29, 0.717) is 34.8 Å². The second-order valence-corrected chi connectivity index (χ2v) is 12.3. The summed E-state index contributed by atoms with van der Waals surface area (Å²) in [4.78, 5) is 31.1. The fourth-order valence-corrected chi connectivity index (χ4v) is 6.25. The van der Waals surface area contributed by atoms with E-state index in [9.17, 15) is 23.9 Å². The topological polar surface area (TPSA) is 149 Å². The summed E-state index contributed by atoms with van der Waals surface area (Å²) in [7, 11) is 1.59. The Morgan fingerprint density at radius 3 is 2.65 bits per heavy atom. The van der Waals surface area contributed by atoms with Crippen LogP contribution in [0.15, 0.2) is 42.7 Å². The third-order valence-electron chi connectivity index (χ3n) is 8.93. The van der Waals surface area contributed by atoms with Crippen molar-refractivity contribution in [1.82, 2.24) is 24.8 Å². The standard InChI is InChI=1S/C33H38F2N8O5/c1-20-15-41(24-16-47-17-24)10-11-43(20)26-5-7-29(40-31(26)46-3)39-30-13-25(37-19-38-30)22-4-6-27(23(12-22)14-36)48-28-8-9-42(18-33(28,34)35)32(45)21(2)44/h4-7,12-13,19-21,24,28,44H,8-11,15-18H2,1-3H3,(H,37,38,39,40)/t20?,21-,28?/m1/s1. The first-order valence-electron chi connectivity index (χ1n) is 15.8. The summed E-state index contributed by atoms with van der Waals surface area (Å²) in [6.45, 7) is 6.84. The Morgan fingerprint density at radius 2 is 1.98 bits per heavy atom. The van der Waals surface area contributed by atoms with Crippen LogP contribution < -0.4 is 19.7 Å². The first kappa shape index (κ1) is 33.3. The molecule has 3 fully saturated rings. The molecule has 3 aromatic rings. The lowest BCUT2D eigenvalue weighted by Gasteiger charge is -2.46. The van der Waals surface area contributed by atoms with Crippen LogP contribution >= 0.6 is 0 Å². The van der Waals surface area contributed by atoms with Crippen LogP contribution in [-0.2, 0) is 9.53 Å². The number of aliphatic hydroxyl groups is 1. The van der Waals surface area contributed by atoms with Crippen LogP contribution in [0.4, 0.5) is 26.1 Å². The fraction of sp³-hybridized carbons (Fsp3) is 0.485. The lowest BCUT2D eigenvalue weighted by molar-refractivity contribution is -0.165. The maximum absolute atomic E-state index is 14.9. The molecule has 48 heavy (non-hydrogen) atoms. The number of aliphatic hydroxyl groups excluding tert-OH is 1. The number of piperazine rings is 1. The molecule has 6 rings (SSSR count). The molecule has 0 bridgehead atoms. The van der Waals surface area contributed by atoms with E-state index in [2.05, 4.69) is 37.0 Å². The zero-order valence-electron chi connectivity index (χ0n) is 27.0. The molecule has 3 aliphatic heterocycles. The molecule has 3 aliphatic rings. The normalized spacial score (nSPS) is 21.9. The Bertz CT molecular complexity index is 1680. The van der Waals surface area contributed by atoms with E-state index in [1.165, 1.54) is 25.4 Å². The van der Waals surface area contributed by atoms with Crippen LogP contribution in [0, 0.1) is 11.3 Å². The number of pyridine rings is 1. The molecular weight excluding hydrogens is 626 g/mol. The number of anilines is 3. The van der Waals surface area contributed by atoms with Gasteiger partial charge in [-0.1, -0.05) is 0 Å². The number of methoxy groups -OCH3 is 1. The summed E-state index contributed by atoms with van der Waals surface area (Å²) in [6.07, 6.45) is -1.71. The number of benzene rings is 1. The Labute approximate surface area is 277 Å². The van der Waals surface area contributed by atoms with E-state index >= 15 is 0 Å². The van der Waals surface area contributed by atoms with Crippen LogP contribution in [0.3, 0.4) is 0 Å². The number of hydrogen-bond donors (Lipinski definition) is 2. The Hall–Kier alpha value is -4.65. The van der Waals surface area contributed by atoms with Crippen LogP contribution in [0.25, 0.3) is 11.3 Å². The molecule has 0 spiro atoms. The minimum Gasteiger partial charge on any atom is -0.483 e. The molecule has 2 unspecified atom stereocenters. The molecule has 1 aromatic carbocycles. The predicted molar refractivity (Wildman–Crippen MR) is 171 cm³/mol. The Balaban J connectivity index is 1.13. The summed E-state index contributed by atoms with van der Waals surface area (Å²) in [5, 5.41) is 22.5. The smallest absolute Gasteiger partial charge is 0.301 e. The van der Waals surface area contributed by atoms with Crippen molar-refractivity contribution >= 4 is 23.2 Å². The number of alkyl halides is 2. The van der Waals surface area contributed by atoms with Gasteiger partial charge in [-0.15, -0.1) is 0 Å². The van der Waals surface area contributed by atoms with Crippen molar-refractivity contribution in [2.24, 2.45) is 0 Å².